The van der Waals surface area contributed by atoms with Crippen LogP contribution in [0.25, 0.3) is 11.0 Å². The average Bonchev–Trinajstić information content (AvgIpc) is 3.67. The number of carboxylic acid groups (broad SMARTS) is 1. The van der Waals surface area contributed by atoms with Gasteiger partial charge in [0.1, 0.15) is 42.3 Å². The van der Waals surface area contributed by atoms with Crippen LogP contribution in [0, 0.1) is 22.7 Å². The fraction of sp³-hybridized carbons (Fsp3) is 0.500. The lowest BCUT2D eigenvalue weighted by Crippen LogP contribution is -2.57. The molecule has 14 heteroatoms. The summed E-state index contributed by atoms with van der Waals surface area (Å²) in [5.41, 5.74) is 7.83. The second-order valence-corrected chi connectivity index (χ2v) is 13.5. The van der Waals surface area contributed by atoms with Crippen LogP contribution in [-0.2, 0) is 21.8 Å². The van der Waals surface area contributed by atoms with E-state index in [1.165, 1.54) is 22.1 Å². The first-order chi connectivity index (χ1) is 19.3. The molecular formula is C26H25FN8O3S2. The van der Waals surface area contributed by atoms with E-state index in [9.17, 15) is 24.8 Å². The van der Waals surface area contributed by atoms with Crippen molar-refractivity contribution in [2.24, 2.45) is 0 Å². The third kappa shape index (κ3) is 3.66. The zero-order chi connectivity index (χ0) is 27.8. The smallest absolute Gasteiger partial charge is 0.323 e. The molecular weight excluding hydrogens is 555 g/mol. The fourth-order valence-electron chi connectivity index (χ4n) is 6.88. The maximum absolute atomic E-state index is 14.3. The molecule has 11 nitrogen and oxygen atoms in total. The zero-order valence-electron chi connectivity index (χ0n) is 21.4. The molecule has 0 saturated carbocycles. The van der Waals surface area contributed by atoms with E-state index in [-0.39, 0.29) is 29.5 Å². The molecule has 0 radical (unpaired) electrons. The van der Waals surface area contributed by atoms with E-state index in [0.29, 0.717) is 53.5 Å². The number of aliphatic carboxylic acids is 1. The van der Waals surface area contributed by atoms with Gasteiger partial charge in [0, 0.05) is 48.4 Å². The van der Waals surface area contributed by atoms with E-state index < -0.39 is 17.7 Å². The Kier molecular flexibility index (Phi) is 5.69. The third-order valence-corrected chi connectivity index (χ3v) is 11.2. The molecule has 206 valence electrons. The van der Waals surface area contributed by atoms with Crippen molar-refractivity contribution >= 4 is 50.9 Å². The number of thiophene rings is 1. The first kappa shape index (κ1) is 25.4. The van der Waals surface area contributed by atoms with Crippen molar-refractivity contribution in [2.75, 3.05) is 43.4 Å². The molecule has 0 aliphatic carbocycles. The minimum atomic E-state index is -1.07. The Morgan fingerprint density at radius 2 is 2.15 bits per heavy atom. The average molecular weight is 581 g/mol. The SMILES string of the molecule is N#Cc1c(N)sc2c1C1(CN(c3nc(OC[C@@]45CCCN4C[C@H](F)C5)nc4c3c(C#N)cn4CC(=O)O)C1)SC2. The largest absolute Gasteiger partial charge is 0.480 e. The topological polar surface area (TPSA) is 157 Å². The molecule has 3 aromatic heterocycles. The summed E-state index contributed by atoms with van der Waals surface area (Å²) >= 11 is 3.23. The normalized spacial score (nSPS) is 24.6. The van der Waals surface area contributed by atoms with Crippen LogP contribution in [0.15, 0.2) is 6.20 Å². The number of nitrogens with two attached hydrogens (primary N) is 1. The van der Waals surface area contributed by atoms with Gasteiger partial charge in [0.05, 0.1) is 26.8 Å². The molecule has 4 aliphatic rings. The van der Waals surface area contributed by atoms with Gasteiger partial charge in [0.25, 0.3) is 0 Å². The molecule has 3 fully saturated rings. The number of aromatic nitrogens is 3. The van der Waals surface area contributed by atoms with Gasteiger partial charge in [-0.05, 0) is 19.4 Å². The summed E-state index contributed by atoms with van der Waals surface area (Å²) in [5, 5.41) is 30.2. The first-order valence-electron chi connectivity index (χ1n) is 13.0. The van der Waals surface area contributed by atoms with Gasteiger partial charge in [0.15, 0.2) is 5.65 Å². The predicted octanol–water partition coefficient (Wildman–Crippen LogP) is 2.82. The molecule has 0 bridgehead atoms. The number of thioether (sulfide) groups is 1. The van der Waals surface area contributed by atoms with Crippen LogP contribution in [0.3, 0.4) is 0 Å². The molecule has 3 aromatic rings. The Hall–Kier alpha value is -3.59. The Labute approximate surface area is 236 Å². The number of hydrogen-bond donors (Lipinski definition) is 2. The fourth-order valence-corrected chi connectivity index (χ4v) is 9.68. The Balaban J connectivity index is 1.26. The van der Waals surface area contributed by atoms with Crippen LogP contribution < -0.4 is 15.4 Å². The molecule has 1 spiro atoms. The van der Waals surface area contributed by atoms with Crippen LogP contribution in [0.1, 0.15) is 40.8 Å². The first-order valence-corrected chi connectivity index (χ1v) is 14.8. The lowest BCUT2D eigenvalue weighted by atomic mass is 9.88. The number of nitrogens with zero attached hydrogens (tertiary/aromatic N) is 7. The Morgan fingerprint density at radius 3 is 2.90 bits per heavy atom. The zero-order valence-corrected chi connectivity index (χ0v) is 23.0. The third-order valence-electron chi connectivity index (χ3n) is 8.58. The highest BCUT2D eigenvalue weighted by molar-refractivity contribution is 8.00. The minimum Gasteiger partial charge on any atom is -0.480 e. The van der Waals surface area contributed by atoms with Gasteiger partial charge in [-0.3, -0.25) is 9.69 Å². The minimum absolute atomic E-state index is 0.0680. The number of nitriles is 2. The maximum Gasteiger partial charge on any atom is 0.323 e. The molecule has 0 amide bonds. The van der Waals surface area contributed by atoms with Crippen molar-refractivity contribution in [3.63, 3.8) is 0 Å². The van der Waals surface area contributed by atoms with Gasteiger partial charge >= 0.3 is 12.0 Å². The number of fused-ring (bicyclic) bond motifs is 4. The Morgan fingerprint density at radius 1 is 1.32 bits per heavy atom. The van der Waals surface area contributed by atoms with Gasteiger partial charge in [-0.15, -0.1) is 23.1 Å². The van der Waals surface area contributed by atoms with Crippen molar-refractivity contribution in [2.45, 2.75) is 48.0 Å². The predicted molar refractivity (Wildman–Crippen MR) is 147 cm³/mol. The Bertz CT molecular complexity index is 1650. The monoisotopic (exact) mass is 580 g/mol. The standard InChI is InChI=1S/C26H25FN8O3S2/c27-15-4-25(2-1-3-35(25)8-15)13-38-24-31-22-19(14(5-28)7-33(22)9-18(36)37)23(32-24)34-11-26(12-34)20-16(6-29)21(30)40-17(20)10-39-26/h7,15H,1-4,8-13,30H2,(H,36,37)/t15-,25+/m1/s1. The highest BCUT2D eigenvalue weighted by atomic mass is 32.2. The molecule has 4 aliphatic heterocycles. The summed E-state index contributed by atoms with van der Waals surface area (Å²) in [5.74, 6) is 0.193. The van der Waals surface area contributed by atoms with Crippen molar-refractivity contribution in [3.05, 3.63) is 27.8 Å². The van der Waals surface area contributed by atoms with E-state index in [2.05, 4.69) is 22.0 Å². The van der Waals surface area contributed by atoms with Gasteiger partial charge < -0.3 is 25.0 Å². The van der Waals surface area contributed by atoms with Crippen LogP contribution >= 0.6 is 23.1 Å². The van der Waals surface area contributed by atoms with Crippen molar-refractivity contribution in [1.29, 1.82) is 10.5 Å². The molecule has 7 rings (SSSR count). The molecule has 3 saturated heterocycles. The van der Waals surface area contributed by atoms with Crippen LogP contribution in [0.4, 0.5) is 15.2 Å². The van der Waals surface area contributed by atoms with E-state index >= 15 is 0 Å². The van der Waals surface area contributed by atoms with Crippen LogP contribution in [-0.4, -0.2) is 75.0 Å². The van der Waals surface area contributed by atoms with Crippen LogP contribution in [0.5, 0.6) is 6.01 Å². The molecule has 40 heavy (non-hydrogen) atoms. The van der Waals surface area contributed by atoms with Crippen molar-refractivity contribution < 1.29 is 19.0 Å². The summed E-state index contributed by atoms with van der Waals surface area (Å²) in [6, 6.07) is 4.50. The maximum atomic E-state index is 14.3. The van der Waals surface area contributed by atoms with Crippen molar-refractivity contribution in [1.82, 2.24) is 19.4 Å². The number of anilines is 2. The molecule has 0 aromatic carbocycles. The lowest BCUT2D eigenvalue weighted by Gasteiger charge is -2.48. The van der Waals surface area contributed by atoms with E-state index in [0.717, 1.165) is 35.6 Å². The quantitative estimate of drug-likeness (QED) is 0.442. The van der Waals surface area contributed by atoms with Crippen LogP contribution in [0.2, 0.25) is 0 Å². The second-order valence-electron chi connectivity index (χ2n) is 11.0. The second kappa shape index (κ2) is 8.96. The number of alkyl halides is 1. The summed E-state index contributed by atoms with van der Waals surface area (Å²) < 4.78 is 21.6. The summed E-state index contributed by atoms with van der Waals surface area (Å²) in [6.07, 6.45) is 2.78. The molecule has 0 unspecified atom stereocenters. The number of ether oxygens (including phenoxy) is 1. The van der Waals surface area contributed by atoms with Gasteiger partial charge in [-0.2, -0.15) is 20.5 Å². The van der Waals surface area contributed by atoms with Crippen molar-refractivity contribution in [3.8, 4) is 18.1 Å². The van der Waals surface area contributed by atoms with E-state index in [4.69, 9.17) is 15.5 Å². The summed E-state index contributed by atoms with van der Waals surface area (Å²) in [4.78, 5) is 26.2. The summed E-state index contributed by atoms with van der Waals surface area (Å²) in [7, 11) is 0. The number of rotatable bonds is 6. The molecule has 2 atom stereocenters. The molecule has 3 N–H and O–H groups in total. The summed E-state index contributed by atoms with van der Waals surface area (Å²) in [6.45, 7) is 2.16. The van der Waals surface area contributed by atoms with E-state index in [1.54, 1.807) is 11.8 Å². The van der Waals surface area contributed by atoms with Gasteiger partial charge in [0.2, 0.25) is 0 Å². The number of hydrogen-bond acceptors (Lipinski definition) is 11. The highest BCUT2D eigenvalue weighted by Crippen LogP contribution is 2.58. The van der Waals surface area contributed by atoms with Gasteiger partial charge in [-0.25, -0.2) is 4.39 Å². The highest BCUT2D eigenvalue weighted by Gasteiger charge is 2.53. The number of nitrogen functional groups attached to an aromatic ring is 1. The number of carbonyl (C=O) groups is 1. The molecule has 7 heterocycles. The van der Waals surface area contributed by atoms with Gasteiger partial charge in [-0.1, -0.05) is 0 Å². The number of carboxylic acids is 1. The lowest BCUT2D eigenvalue weighted by molar-refractivity contribution is -0.137. The number of halogens is 1. The van der Waals surface area contributed by atoms with E-state index in [1.807, 2.05) is 4.90 Å².